The molecule has 0 spiro atoms. The predicted molar refractivity (Wildman–Crippen MR) is 115 cm³/mol. The van der Waals surface area contributed by atoms with Crippen LogP contribution in [0.1, 0.15) is 48.8 Å². The van der Waals surface area contributed by atoms with Crippen LogP contribution in [0, 0.1) is 32.8 Å². The lowest BCUT2D eigenvalue weighted by molar-refractivity contribution is -0.384. The SMILES string of the molecule is CC(C)(C)[C@H]1CCc2c(sc(NC(=O)/C=C/c3cccc([N+](=O)[O-])c3)c2C#N)C1. The molecular formula is C22H23N3O3S. The molecule has 1 aromatic heterocycles. The first kappa shape index (κ1) is 20.7. The van der Waals surface area contributed by atoms with Crippen molar-refractivity contribution in [1.82, 2.24) is 0 Å². The number of nitro benzene ring substituents is 1. The minimum Gasteiger partial charge on any atom is -0.313 e. The van der Waals surface area contributed by atoms with Gasteiger partial charge in [-0.05, 0) is 47.8 Å². The van der Waals surface area contributed by atoms with Gasteiger partial charge in [-0.2, -0.15) is 5.26 Å². The van der Waals surface area contributed by atoms with Gasteiger partial charge >= 0.3 is 0 Å². The Kier molecular flexibility index (Phi) is 5.85. The van der Waals surface area contributed by atoms with Crippen LogP contribution >= 0.6 is 11.3 Å². The molecule has 1 aromatic carbocycles. The lowest BCUT2D eigenvalue weighted by atomic mass is 9.72. The second-order valence-corrected chi connectivity index (χ2v) is 9.41. The maximum atomic E-state index is 12.4. The van der Waals surface area contributed by atoms with Crippen molar-refractivity contribution in [2.75, 3.05) is 5.32 Å². The van der Waals surface area contributed by atoms with E-state index < -0.39 is 4.92 Å². The van der Waals surface area contributed by atoms with Gasteiger partial charge in [-0.25, -0.2) is 0 Å². The van der Waals surface area contributed by atoms with Crippen LogP contribution in [0.25, 0.3) is 6.08 Å². The van der Waals surface area contributed by atoms with Gasteiger partial charge in [-0.3, -0.25) is 14.9 Å². The average molecular weight is 410 g/mol. The van der Waals surface area contributed by atoms with Gasteiger partial charge in [0.15, 0.2) is 0 Å². The highest BCUT2D eigenvalue weighted by Crippen LogP contribution is 2.43. The topological polar surface area (TPSA) is 96.0 Å². The molecule has 0 bridgehead atoms. The van der Waals surface area contributed by atoms with Gasteiger partial charge in [0.1, 0.15) is 11.1 Å². The number of fused-ring (bicyclic) bond motifs is 1. The molecule has 0 unspecified atom stereocenters. The van der Waals surface area contributed by atoms with Crippen LogP contribution in [-0.2, 0) is 17.6 Å². The Hall–Kier alpha value is -2.98. The average Bonchev–Trinajstić information content (AvgIpc) is 3.01. The molecule has 7 heteroatoms. The number of nitro groups is 1. The van der Waals surface area contributed by atoms with Crippen LogP contribution in [-0.4, -0.2) is 10.8 Å². The molecule has 0 radical (unpaired) electrons. The monoisotopic (exact) mass is 409 g/mol. The van der Waals surface area contributed by atoms with Gasteiger partial charge in [0.25, 0.3) is 5.69 Å². The number of rotatable bonds is 4. The number of nitrogens with one attached hydrogen (secondary N) is 1. The van der Waals surface area contributed by atoms with Crippen LogP contribution in [0.15, 0.2) is 30.3 Å². The fourth-order valence-electron chi connectivity index (χ4n) is 3.60. The maximum absolute atomic E-state index is 12.4. The summed E-state index contributed by atoms with van der Waals surface area (Å²) in [6.45, 7) is 6.72. The Bertz CT molecular complexity index is 1020. The number of anilines is 1. The maximum Gasteiger partial charge on any atom is 0.270 e. The largest absolute Gasteiger partial charge is 0.313 e. The lowest BCUT2D eigenvalue weighted by Crippen LogP contribution is -2.26. The highest BCUT2D eigenvalue weighted by molar-refractivity contribution is 7.16. The second-order valence-electron chi connectivity index (χ2n) is 8.30. The number of amides is 1. The molecule has 1 N–H and O–H groups in total. The summed E-state index contributed by atoms with van der Waals surface area (Å²) in [5.74, 6) is 0.191. The first-order valence-electron chi connectivity index (χ1n) is 9.47. The summed E-state index contributed by atoms with van der Waals surface area (Å²) in [5.41, 5.74) is 2.37. The Morgan fingerprint density at radius 1 is 1.41 bits per heavy atom. The summed E-state index contributed by atoms with van der Waals surface area (Å²) < 4.78 is 0. The molecule has 1 heterocycles. The van der Waals surface area contributed by atoms with E-state index in [2.05, 4.69) is 32.2 Å². The van der Waals surface area contributed by atoms with Crippen molar-refractivity contribution in [3.05, 3.63) is 62.0 Å². The Labute approximate surface area is 174 Å². The molecule has 1 amide bonds. The molecule has 0 saturated carbocycles. The second kappa shape index (κ2) is 8.18. The van der Waals surface area contributed by atoms with Crippen LogP contribution in [0.5, 0.6) is 0 Å². The Morgan fingerprint density at radius 2 is 2.17 bits per heavy atom. The zero-order valence-electron chi connectivity index (χ0n) is 16.7. The van der Waals surface area contributed by atoms with Crippen molar-refractivity contribution in [3.63, 3.8) is 0 Å². The summed E-state index contributed by atoms with van der Waals surface area (Å²) in [5, 5.41) is 23.9. The summed E-state index contributed by atoms with van der Waals surface area (Å²) >= 11 is 1.49. The molecule has 0 saturated heterocycles. The van der Waals surface area contributed by atoms with Crippen molar-refractivity contribution in [1.29, 1.82) is 5.26 Å². The van der Waals surface area contributed by atoms with E-state index >= 15 is 0 Å². The Balaban J connectivity index is 1.76. The van der Waals surface area contributed by atoms with Gasteiger partial charge in [-0.15, -0.1) is 11.3 Å². The smallest absolute Gasteiger partial charge is 0.270 e. The van der Waals surface area contributed by atoms with Gasteiger partial charge in [0.2, 0.25) is 5.91 Å². The van der Waals surface area contributed by atoms with Crippen molar-refractivity contribution in [2.45, 2.75) is 40.0 Å². The number of carbonyl (C=O) groups excluding carboxylic acids is 1. The summed E-state index contributed by atoms with van der Waals surface area (Å²) in [6, 6.07) is 8.32. The van der Waals surface area contributed by atoms with Crippen LogP contribution in [0.2, 0.25) is 0 Å². The first-order chi connectivity index (χ1) is 13.7. The molecule has 3 rings (SSSR count). The third-order valence-corrected chi connectivity index (χ3v) is 6.52. The van der Waals surface area contributed by atoms with E-state index in [1.54, 1.807) is 12.1 Å². The van der Waals surface area contributed by atoms with E-state index in [4.69, 9.17) is 0 Å². The molecule has 1 aliphatic carbocycles. The van der Waals surface area contributed by atoms with E-state index in [0.29, 0.717) is 22.0 Å². The molecule has 2 aromatic rings. The number of hydrogen-bond acceptors (Lipinski definition) is 5. The fourth-order valence-corrected chi connectivity index (χ4v) is 4.88. The third-order valence-electron chi connectivity index (χ3n) is 5.35. The van der Waals surface area contributed by atoms with E-state index in [1.165, 1.54) is 40.5 Å². The van der Waals surface area contributed by atoms with Crippen LogP contribution in [0.3, 0.4) is 0 Å². The number of nitriles is 1. The van der Waals surface area contributed by atoms with E-state index in [9.17, 15) is 20.2 Å². The van der Waals surface area contributed by atoms with E-state index in [1.807, 2.05) is 0 Å². The molecule has 150 valence electrons. The minimum absolute atomic E-state index is 0.0290. The first-order valence-corrected chi connectivity index (χ1v) is 10.3. The minimum atomic E-state index is -0.475. The van der Waals surface area contributed by atoms with Crippen molar-refractivity contribution in [2.24, 2.45) is 11.3 Å². The molecule has 6 nitrogen and oxygen atoms in total. The summed E-state index contributed by atoms with van der Waals surface area (Å²) in [4.78, 5) is 23.9. The molecule has 0 aliphatic heterocycles. The zero-order chi connectivity index (χ0) is 21.2. The number of thiophene rings is 1. The number of carbonyl (C=O) groups is 1. The van der Waals surface area contributed by atoms with Crippen molar-refractivity contribution in [3.8, 4) is 6.07 Å². The molecular weight excluding hydrogens is 386 g/mol. The van der Waals surface area contributed by atoms with Crippen molar-refractivity contribution >= 4 is 34.0 Å². The highest BCUT2D eigenvalue weighted by atomic mass is 32.1. The summed E-state index contributed by atoms with van der Waals surface area (Å²) in [7, 11) is 0. The number of hydrogen-bond donors (Lipinski definition) is 1. The quantitative estimate of drug-likeness (QED) is 0.419. The predicted octanol–water partition coefficient (Wildman–Crippen LogP) is 5.33. The van der Waals surface area contributed by atoms with Gasteiger partial charge in [0, 0.05) is 23.1 Å². The molecule has 29 heavy (non-hydrogen) atoms. The molecule has 1 atom stereocenters. The van der Waals surface area contributed by atoms with Gasteiger partial charge < -0.3 is 5.32 Å². The lowest BCUT2D eigenvalue weighted by Gasteiger charge is -2.33. The van der Waals surface area contributed by atoms with E-state index in [0.717, 1.165) is 24.8 Å². The molecule has 1 aliphatic rings. The Morgan fingerprint density at radius 3 is 2.83 bits per heavy atom. The third kappa shape index (κ3) is 4.72. The zero-order valence-corrected chi connectivity index (χ0v) is 17.5. The summed E-state index contributed by atoms with van der Waals surface area (Å²) in [6.07, 6.45) is 5.68. The fraction of sp³-hybridized carbons (Fsp3) is 0.364. The van der Waals surface area contributed by atoms with Gasteiger partial charge in [-0.1, -0.05) is 32.9 Å². The standard InChI is InChI=1S/C22H23N3O3S/c1-22(2,3)15-8-9-17-18(13-23)21(29-19(17)12-15)24-20(26)10-7-14-5-4-6-16(11-14)25(27)28/h4-7,10-11,15H,8-9,12H2,1-3H3,(H,24,26)/b10-7+/t15-/m0/s1. The van der Waals surface area contributed by atoms with Crippen molar-refractivity contribution < 1.29 is 9.72 Å². The van der Waals surface area contributed by atoms with E-state index in [-0.39, 0.29) is 17.0 Å². The number of benzene rings is 1. The highest BCUT2D eigenvalue weighted by Gasteiger charge is 2.32. The number of non-ortho nitro benzene ring substituents is 1. The number of nitrogens with zero attached hydrogens (tertiary/aromatic N) is 2. The van der Waals surface area contributed by atoms with Gasteiger partial charge in [0.05, 0.1) is 10.5 Å². The normalized spacial score (nSPS) is 16.3. The molecule has 0 fully saturated rings. The van der Waals surface area contributed by atoms with Crippen LogP contribution < -0.4 is 5.32 Å². The van der Waals surface area contributed by atoms with Crippen LogP contribution in [0.4, 0.5) is 10.7 Å².